The molecule has 1 atom stereocenters. The molecular weight excluding hydrogens is 328 g/mol. The normalized spacial score (nSPS) is 16.1. The van der Waals surface area contributed by atoms with E-state index >= 15 is 0 Å². The number of amides is 1. The van der Waals surface area contributed by atoms with Crippen LogP contribution in [0.2, 0.25) is 0 Å². The predicted octanol–water partition coefficient (Wildman–Crippen LogP) is 3.79. The van der Waals surface area contributed by atoms with Crippen LogP contribution in [0.25, 0.3) is 0 Å². The molecule has 0 spiro atoms. The minimum Gasteiger partial charge on any atom is -0.497 e. The summed E-state index contributed by atoms with van der Waals surface area (Å²) < 4.78 is 37.9. The number of aryl methyl sites for hydroxylation is 1. The van der Waals surface area contributed by atoms with Crippen LogP contribution in [0.5, 0.6) is 11.5 Å². The Hall–Kier alpha value is -2.63. The van der Waals surface area contributed by atoms with Gasteiger partial charge in [0.2, 0.25) is 0 Å². The Balaban J connectivity index is 1.90. The first kappa shape index (κ1) is 17.2. The SMILES string of the molecule is COc1ccc2c(c1)CCC[C@H]2NC(=O)c1c(OC)ccc(F)c1F. The van der Waals surface area contributed by atoms with Crippen molar-refractivity contribution in [1.82, 2.24) is 5.32 Å². The first-order valence-electron chi connectivity index (χ1n) is 8.04. The molecule has 0 aliphatic heterocycles. The number of carbonyl (C=O) groups excluding carboxylic acids is 1. The molecule has 4 nitrogen and oxygen atoms in total. The maximum atomic E-state index is 14.1. The summed E-state index contributed by atoms with van der Waals surface area (Å²) in [5.41, 5.74) is 1.64. The molecule has 1 aliphatic carbocycles. The van der Waals surface area contributed by atoms with E-state index in [9.17, 15) is 13.6 Å². The summed E-state index contributed by atoms with van der Waals surface area (Å²) in [6.07, 6.45) is 2.49. The van der Waals surface area contributed by atoms with Crippen molar-refractivity contribution in [3.63, 3.8) is 0 Å². The van der Waals surface area contributed by atoms with E-state index < -0.39 is 23.1 Å². The van der Waals surface area contributed by atoms with Crippen LogP contribution in [-0.4, -0.2) is 20.1 Å². The summed E-state index contributed by atoms with van der Waals surface area (Å²) in [4.78, 5) is 12.6. The van der Waals surface area contributed by atoms with Gasteiger partial charge in [-0.2, -0.15) is 0 Å². The maximum Gasteiger partial charge on any atom is 0.258 e. The number of nitrogens with one attached hydrogen (secondary N) is 1. The number of ether oxygens (including phenoxy) is 2. The van der Waals surface area contributed by atoms with Crippen LogP contribution in [0.1, 0.15) is 40.4 Å². The molecule has 132 valence electrons. The highest BCUT2D eigenvalue weighted by atomic mass is 19.2. The van der Waals surface area contributed by atoms with E-state index in [-0.39, 0.29) is 11.8 Å². The number of hydrogen-bond donors (Lipinski definition) is 1. The Morgan fingerprint density at radius 2 is 1.96 bits per heavy atom. The molecule has 2 aromatic carbocycles. The van der Waals surface area contributed by atoms with E-state index in [4.69, 9.17) is 9.47 Å². The second-order valence-corrected chi connectivity index (χ2v) is 5.92. The van der Waals surface area contributed by atoms with Crippen molar-refractivity contribution in [2.75, 3.05) is 14.2 Å². The first-order valence-corrected chi connectivity index (χ1v) is 8.04. The molecule has 1 amide bonds. The van der Waals surface area contributed by atoms with Crippen molar-refractivity contribution in [2.24, 2.45) is 0 Å². The molecule has 0 saturated heterocycles. The fourth-order valence-electron chi connectivity index (χ4n) is 3.21. The molecule has 0 heterocycles. The third kappa shape index (κ3) is 3.29. The number of halogens is 2. The number of rotatable bonds is 4. The fraction of sp³-hybridized carbons (Fsp3) is 0.316. The fourth-order valence-corrected chi connectivity index (χ4v) is 3.21. The van der Waals surface area contributed by atoms with Gasteiger partial charge >= 0.3 is 0 Å². The summed E-state index contributed by atoms with van der Waals surface area (Å²) in [5.74, 6) is -2.23. The van der Waals surface area contributed by atoms with E-state index in [1.807, 2.05) is 18.2 Å². The topological polar surface area (TPSA) is 47.6 Å². The lowest BCUT2D eigenvalue weighted by molar-refractivity contribution is 0.0924. The average molecular weight is 347 g/mol. The van der Waals surface area contributed by atoms with Gasteiger partial charge in [0.05, 0.1) is 20.3 Å². The highest BCUT2D eigenvalue weighted by molar-refractivity contribution is 5.97. The van der Waals surface area contributed by atoms with E-state index in [1.54, 1.807) is 7.11 Å². The highest BCUT2D eigenvalue weighted by Gasteiger charge is 2.27. The maximum absolute atomic E-state index is 14.1. The molecule has 0 unspecified atom stereocenters. The number of fused-ring (bicyclic) bond motifs is 1. The van der Waals surface area contributed by atoms with Gasteiger partial charge in [0, 0.05) is 0 Å². The lowest BCUT2D eigenvalue weighted by Crippen LogP contribution is -2.32. The van der Waals surface area contributed by atoms with Crippen LogP contribution in [0.15, 0.2) is 30.3 Å². The molecule has 0 aromatic heterocycles. The van der Waals surface area contributed by atoms with Crippen molar-refractivity contribution in [1.29, 1.82) is 0 Å². The number of hydrogen-bond acceptors (Lipinski definition) is 3. The van der Waals surface area contributed by atoms with Crippen molar-refractivity contribution < 1.29 is 23.0 Å². The standard InChI is InChI=1S/C19H19F2NO3/c1-24-12-6-7-13-11(10-12)4-3-5-15(13)22-19(23)17-16(25-2)9-8-14(20)18(17)21/h6-10,15H,3-5H2,1-2H3,(H,22,23)/t15-/m1/s1. The van der Waals surface area contributed by atoms with Crippen LogP contribution in [-0.2, 0) is 6.42 Å². The van der Waals surface area contributed by atoms with Crippen molar-refractivity contribution in [3.8, 4) is 11.5 Å². The van der Waals surface area contributed by atoms with Gasteiger partial charge in [-0.3, -0.25) is 4.79 Å². The van der Waals surface area contributed by atoms with Crippen molar-refractivity contribution in [2.45, 2.75) is 25.3 Å². The summed E-state index contributed by atoms with van der Waals surface area (Å²) in [6, 6.07) is 7.58. The molecule has 0 radical (unpaired) electrons. The summed E-state index contributed by atoms with van der Waals surface area (Å²) in [5, 5.41) is 2.81. The van der Waals surface area contributed by atoms with Crippen molar-refractivity contribution in [3.05, 3.63) is 58.7 Å². The van der Waals surface area contributed by atoms with Gasteiger partial charge in [-0.25, -0.2) is 8.78 Å². The van der Waals surface area contributed by atoms with Crippen molar-refractivity contribution >= 4 is 5.91 Å². The first-order chi connectivity index (χ1) is 12.0. The summed E-state index contributed by atoms with van der Waals surface area (Å²) in [6.45, 7) is 0. The molecular formula is C19H19F2NO3. The van der Waals surface area contributed by atoms with Gasteiger partial charge in [0.15, 0.2) is 11.6 Å². The molecule has 0 bridgehead atoms. The van der Waals surface area contributed by atoms with Crippen LogP contribution < -0.4 is 14.8 Å². The Labute approximate surface area is 144 Å². The minimum absolute atomic E-state index is 0.00200. The van der Waals surface area contributed by atoms with Gasteiger partial charge in [-0.1, -0.05) is 6.07 Å². The molecule has 3 rings (SSSR count). The summed E-state index contributed by atoms with van der Waals surface area (Å²) >= 11 is 0. The molecule has 6 heteroatoms. The number of methoxy groups -OCH3 is 2. The second kappa shape index (κ2) is 7.09. The zero-order valence-electron chi connectivity index (χ0n) is 14.1. The third-order valence-electron chi connectivity index (χ3n) is 4.47. The van der Waals surface area contributed by atoms with Gasteiger partial charge in [0.25, 0.3) is 5.91 Å². The molecule has 2 aromatic rings. The van der Waals surface area contributed by atoms with Gasteiger partial charge in [0.1, 0.15) is 17.1 Å². The van der Waals surface area contributed by atoms with Gasteiger partial charge in [-0.15, -0.1) is 0 Å². The number of benzene rings is 2. The zero-order valence-corrected chi connectivity index (χ0v) is 14.1. The Bertz CT molecular complexity index is 807. The van der Waals surface area contributed by atoms with Crippen LogP contribution >= 0.6 is 0 Å². The van der Waals surface area contributed by atoms with E-state index in [0.717, 1.165) is 42.2 Å². The zero-order chi connectivity index (χ0) is 18.0. The lowest BCUT2D eigenvalue weighted by atomic mass is 9.87. The van der Waals surface area contributed by atoms with E-state index in [1.165, 1.54) is 13.2 Å². The molecule has 1 N–H and O–H groups in total. The van der Waals surface area contributed by atoms with Crippen LogP contribution in [0, 0.1) is 11.6 Å². The molecule has 25 heavy (non-hydrogen) atoms. The summed E-state index contributed by atoms with van der Waals surface area (Å²) in [7, 11) is 2.91. The monoisotopic (exact) mass is 347 g/mol. The van der Waals surface area contributed by atoms with Crippen LogP contribution in [0.3, 0.4) is 0 Å². The van der Waals surface area contributed by atoms with Gasteiger partial charge < -0.3 is 14.8 Å². The Morgan fingerprint density at radius 3 is 2.68 bits per heavy atom. The van der Waals surface area contributed by atoms with Crippen LogP contribution in [0.4, 0.5) is 8.78 Å². The minimum atomic E-state index is -1.21. The smallest absolute Gasteiger partial charge is 0.258 e. The Morgan fingerprint density at radius 1 is 1.16 bits per heavy atom. The largest absolute Gasteiger partial charge is 0.497 e. The predicted molar refractivity (Wildman–Crippen MR) is 89.0 cm³/mol. The lowest BCUT2D eigenvalue weighted by Gasteiger charge is -2.27. The van der Waals surface area contributed by atoms with E-state index in [0.29, 0.717) is 0 Å². The third-order valence-corrected chi connectivity index (χ3v) is 4.47. The Kier molecular flexibility index (Phi) is 4.88. The quantitative estimate of drug-likeness (QED) is 0.915. The second-order valence-electron chi connectivity index (χ2n) is 5.92. The highest BCUT2D eigenvalue weighted by Crippen LogP contribution is 2.33. The average Bonchev–Trinajstić information content (AvgIpc) is 2.63. The van der Waals surface area contributed by atoms with Gasteiger partial charge in [-0.05, 0) is 54.7 Å². The molecule has 1 aliphatic rings. The number of carbonyl (C=O) groups is 1. The van der Waals surface area contributed by atoms with E-state index in [2.05, 4.69) is 5.32 Å². The molecule has 0 saturated carbocycles. The molecule has 0 fully saturated rings.